The lowest BCUT2D eigenvalue weighted by molar-refractivity contribution is -0.385. The van der Waals surface area contributed by atoms with Gasteiger partial charge in [-0.05, 0) is 30.3 Å². The Balaban J connectivity index is 2.23. The predicted molar refractivity (Wildman–Crippen MR) is 81.1 cm³/mol. The molecule has 0 bridgehead atoms. The summed E-state index contributed by atoms with van der Waals surface area (Å²) in [5, 5.41) is 10.9. The fourth-order valence-electron chi connectivity index (χ4n) is 1.74. The Kier molecular flexibility index (Phi) is 4.10. The van der Waals surface area contributed by atoms with Gasteiger partial charge in [0, 0.05) is 32.1 Å². The normalized spacial score (nSPS) is 10.7. The maximum absolute atomic E-state index is 10.9. The molecule has 0 saturated heterocycles. The van der Waals surface area contributed by atoms with Crippen molar-refractivity contribution >= 4 is 23.3 Å². The van der Waals surface area contributed by atoms with Crippen molar-refractivity contribution in [2.75, 3.05) is 19.0 Å². The number of nitro benzene ring substituents is 1. The molecule has 0 aliphatic heterocycles. The van der Waals surface area contributed by atoms with E-state index < -0.39 is 4.92 Å². The number of benzene rings is 2. The first-order valence-electron chi connectivity index (χ1n) is 6.13. The largest absolute Gasteiger partial charge is 0.378 e. The molecule has 0 fully saturated rings. The molecule has 0 saturated carbocycles. The Morgan fingerprint density at radius 3 is 2.35 bits per heavy atom. The highest BCUT2D eigenvalue weighted by atomic mass is 16.6. The lowest BCUT2D eigenvalue weighted by atomic mass is 10.2. The van der Waals surface area contributed by atoms with E-state index in [9.17, 15) is 10.1 Å². The van der Waals surface area contributed by atoms with Crippen LogP contribution in [0.2, 0.25) is 0 Å². The lowest BCUT2D eigenvalue weighted by Crippen LogP contribution is -2.07. The molecule has 2 rings (SSSR count). The molecule has 102 valence electrons. The summed E-state index contributed by atoms with van der Waals surface area (Å²) >= 11 is 0. The van der Waals surface area contributed by atoms with Gasteiger partial charge in [-0.15, -0.1) is 0 Å². The quantitative estimate of drug-likeness (QED) is 0.485. The highest BCUT2D eigenvalue weighted by Crippen LogP contribution is 2.20. The first-order chi connectivity index (χ1) is 9.58. The molecule has 0 N–H and O–H groups in total. The van der Waals surface area contributed by atoms with Gasteiger partial charge in [0.25, 0.3) is 5.69 Å². The van der Waals surface area contributed by atoms with Crippen LogP contribution in [-0.4, -0.2) is 25.2 Å². The Morgan fingerprint density at radius 1 is 1.10 bits per heavy atom. The average Bonchev–Trinajstić information content (AvgIpc) is 2.45. The number of nitrogens with zero attached hydrogens (tertiary/aromatic N) is 3. The molecule has 0 radical (unpaired) electrons. The lowest BCUT2D eigenvalue weighted by Gasteiger charge is -2.11. The summed E-state index contributed by atoms with van der Waals surface area (Å²) in [5.74, 6) is 0. The minimum atomic E-state index is -0.406. The molecule has 20 heavy (non-hydrogen) atoms. The minimum absolute atomic E-state index is 0.0566. The molecular weight excluding hydrogens is 254 g/mol. The molecule has 0 spiro atoms. The molecule has 0 amide bonds. The highest BCUT2D eigenvalue weighted by molar-refractivity contribution is 5.87. The maximum atomic E-state index is 10.9. The summed E-state index contributed by atoms with van der Waals surface area (Å²) in [4.78, 5) is 16.8. The fourth-order valence-corrected chi connectivity index (χ4v) is 1.74. The molecule has 5 nitrogen and oxygen atoms in total. The fraction of sp³-hybridized carbons (Fsp3) is 0.133. The number of para-hydroxylation sites is 1. The number of hydrogen-bond acceptors (Lipinski definition) is 4. The third-order valence-electron chi connectivity index (χ3n) is 2.85. The first kappa shape index (κ1) is 13.7. The van der Waals surface area contributed by atoms with Gasteiger partial charge >= 0.3 is 0 Å². The smallest absolute Gasteiger partial charge is 0.278 e. The number of rotatable bonds is 4. The summed E-state index contributed by atoms with van der Waals surface area (Å²) in [7, 11) is 3.93. The first-order valence-corrected chi connectivity index (χ1v) is 6.13. The third-order valence-corrected chi connectivity index (χ3v) is 2.85. The van der Waals surface area contributed by atoms with Crippen LogP contribution in [0.3, 0.4) is 0 Å². The van der Waals surface area contributed by atoms with Gasteiger partial charge in [0.15, 0.2) is 0 Å². The van der Waals surface area contributed by atoms with Crippen LogP contribution in [0.4, 0.5) is 17.1 Å². The van der Waals surface area contributed by atoms with Crippen LogP contribution in [0.25, 0.3) is 0 Å². The second-order valence-corrected chi connectivity index (χ2v) is 4.48. The van der Waals surface area contributed by atoms with Crippen molar-refractivity contribution in [1.29, 1.82) is 0 Å². The summed E-state index contributed by atoms with van der Waals surface area (Å²) < 4.78 is 0. The van der Waals surface area contributed by atoms with Crippen molar-refractivity contribution in [1.82, 2.24) is 0 Å². The van der Waals surface area contributed by atoms with Crippen LogP contribution in [0.15, 0.2) is 53.5 Å². The van der Waals surface area contributed by atoms with Crippen LogP contribution in [0, 0.1) is 10.1 Å². The SMILES string of the molecule is CN(C)c1ccc(N=Cc2ccccc2[N+](=O)[O-])cc1. The summed E-state index contributed by atoms with van der Waals surface area (Å²) in [6.07, 6.45) is 1.52. The van der Waals surface area contributed by atoms with Crippen LogP contribution < -0.4 is 4.90 Å². The number of nitro groups is 1. The van der Waals surface area contributed by atoms with Gasteiger partial charge in [-0.25, -0.2) is 0 Å². The van der Waals surface area contributed by atoms with Gasteiger partial charge in [-0.1, -0.05) is 12.1 Å². The van der Waals surface area contributed by atoms with Crippen LogP contribution in [-0.2, 0) is 0 Å². The monoisotopic (exact) mass is 269 g/mol. The Morgan fingerprint density at radius 2 is 1.75 bits per heavy atom. The second-order valence-electron chi connectivity index (χ2n) is 4.48. The maximum Gasteiger partial charge on any atom is 0.278 e. The van der Waals surface area contributed by atoms with E-state index >= 15 is 0 Å². The topological polar surface area (TPSA) is 58.7 Å². The van der Waals surface area contributed by atoms with E-state index in [0.717, 1.165) is 11.4 Å². The van der Waals surface area contributed by atoms with E-state index in [2.05, 4.69) is 4.99 Å². The number of anilines is 1. The Bertz CT molecular complexity index is 634. The van der Waals surface area contributed by atoms with E-state index in [0.29, 0.717) is 5.56 Å². The zero-order valence-corrected chi connectivity index (χ0v) is 11.4. The van der Waals surface area contributed by atoms with Gasteiger partial charge in [0.05, 0.1) is 16.2 Å². The minimum Gasteiger partial charge on any atom is -0.378 e. The van der Waals surface area contributed by atoms with Gasteiger partial charge in [-0.3, -0.25) is 15.1 Å². The molecule has 2 aromatic carbocycles. The van der Waals surface area contributed by atoms with Crippen molar-refractivity contribution in [3.05, 3.63) is 64.2 Å². The Labute approximate surface area is 117 Å². The number of aliphatic imine (C=N–C) groups is 1. The van der Waals surface area contributed by atoms with Crippen molar-refractivity contribution in [3.63, 3.8) is 0 Å². The van der Waals surface area contributed by atoms with Crippen molar-refractivity contribution < 1.29 is 4.92 Å². The molecule has 0 aliphatic rings. The van der Waals surface area contributed by atoms with Gasteiger partial charge in [0.2, 0.25) is 0 Å². The van der Waals surface area contributed by atoms with E-state index in [1.807, 2.05) is 43.3 Å². The Hall–Kier alpha value is -2.69. The van der Waals surface area contributed by atoms with Crippen LogP contribution in [0.5, 0.6) is 0 Å². The second kappa shape index (κ2) is 5.97. The van der Waals surface area contributed by atoms with Crippen molar-refractivity contribution in [3.8, 4) is 0 Å². The summed E-state index contributed by atoms with van der Waals surface area (Å²) in [6.45, 7) is 0. The van der Waals surface area contributed by atoms with E-state index in [4.69, 9.17) is 0 Å². The molecule has 0 aromatic heterocycles. The van der Waals surface area contributed by atoms with E-state index in [-0.39, 0.29) is 5.69 Å². The molecule has 0 heterocycles. The van der Waals surface area contributed by atoms with Crippen LogP contribution >= 0.6 is 0 Å². The van der Waals surface area contributed by atoms with Crippen molar-refractivity contribution in [2.24, 2.45) is 4.99 Å². The molecular formula is C15H15N3O2. The van der Waals surface area contributed by atoms with E-state index in [1.165, 1.54) is 12.3 Å². The van der Waals surface area contributed by atoms with Gasteiger partial charge in [0.1, 0.15) is 0 Å². The molecule has 5 heteroatoms. The highest BCUT2D eigenvalue weighted by Gasteiger charge is 2.09. The predicted octanol–water partition coefficient (Wildman–Crippen LogP) is 3.41. The van der Waals surface area contributed by atoms with Crippen LogP contribution in [0.1, 0.15) is 5.56 Å². The molecule has 0 unspecified atom stereocenters. The van der Waals surface area contributed by atoms with E-state index in [1.54, 1.807) is 18.2 Å². The zero-order chi connectivity index (χ0) is 14.5. The number of hydrogen-bond donors (Lipinski definition) is 0. The average molecular weight is 269 g/mol. The summed E-state index contributed by atoms with van der Waals surface area (Å²) in [6, 6.07) is 14.2. The zero-order valence-electron chi connectivity index (χ0n) is 11.4. The van der Waals surface area contributed by atoms with Gasteiger partial charge < -0.3 is 4.90 Å². The third kappa shape index (κ3) is 3.20. The van der Waals surface area contributed by atoms with Crippen molar-refractivity contribution in [2.45, 2.75) is 0 Å². The molecule has 2 aromatic rings. The molecule has 0 atom stereocenters. The summed E-state index contributed by atoms with van der Waals surface area (Å²) in [5.41, 5.74) is 2.39. The standard InChI is InChI=1S/C15H15N3O2/c1-17(2)14-9-7-13(8-10-14)16-11-12-5-3-4-6-15(12)18(19)20/h3-11H,1-2H3. The molecule has 0 aliphatic carbocycles. The van der Waals surface area contributed by atoms with Gasteiger partial charge in [-0.2, -0.15) is 0 Å².